The Bertz CT molecular complexity index is 796. The average molecular weight is 412 g/mol. The first kappa shape index (κ1) is 20.1. The number of ether oxygens (including phenoxy) is 1. The summed E-state index contributed by atoms with van der Waals surface area (Å²) in [6.07, 6.45) is 11.3. The number of rotatable bonds is 7. The van der Waals surface area contributed by atoms with Crippen LogP contribution in [0.1, 0.15) is 80.0 Å². The summed E-state index contributed by atoms with van der Waals surface area (Å²) in [5, 5.41) is 7.20. The minimum atomic E-state index is -0.129. The minimum Gasteiger partial charge on any atom is -0.368 e. The number of likely N-dealkylation sites (tertiary alicyclic amines) is 1. The molecule has 3 saturated carbocycles. The highest BCUT2D eigenvalue weighted by Crippen LogP contribution is 2.40. The lowest BCUT2D eigenvalue weighted by atomic mass is 9.90. The Morgan fingerprint density at radius 3 is 2.77 bits per heavy atom. The summed E-state index contributed by atoms with van der Waals surface area (Å²) in [4.78, 5) is 15.2. The van der Waals surface area contributed by atoms with E-state index in [0.717, 1.165) is 31.7 Å². The minimum absolute atomic E-state index is 0.0884. The molecule has 0 bridgehead atoms. The van der Waals surface area contributed by atoms with Crippen molar-refractivity contribution in [2.45, 2.75) is 75.8 Å². The van der Waals surface area contributed by atoms with Gasteiger partial charge in [0.05, 0.1) is 6.61 Å². The fourth-order valence-electron chi connectivity index (χ4n) is 4.87. The van der Waals surface area contributed by atoms with Crippen molar-refractivity contribution in [2.75, 3.05) is 26.3 Å². The van der Waals surface area contributed by atoms with E-state index < -0.39 is 0 Å². The lowest BCUT2D eigenvalue weighted by molar-refractivity contribution is 0.0882. The summed E-state index contributed by atoms with van der Waals surface area (Å²) in [7, 11) is 0. The van der Waals surface area contributed by atoms with E-state index in [4.69, 9.17) is 9.26 Å². The lowest BCUT2D eigenvalue weighted by Crippen LogP contribution is -2.42. The van der Waals surface area contributed by atoms with E-state index in [9.17, 15) is 4.79 Å². The third-order valence-electron chi connectivity index (χ3n) is 7.01. The highest BCUT2D eigenvalue weighted by Gasteiger charge is 2.41. The molecule has 162 valence electrons. The van der Waals surface area contributed by atoms with Crippen LogP contribution in [0, 0.1) is 23.7 Å². The quantitative estimate of drug-likeness (QED) is 0.551. The molecule has 5 rings (SSSR count). The van der Waals surface area contributed by atoms with Gasteiger partial charge < -0.3 is 14.6 Å². The first-order chi connectivity index (χ1) is 14.8. The standard InChI is InChI=1S/C24H33N3O3/c28-24(21-13-23(30-26-21)18-8-9-18)25-22-15-27(20-10-11-20)14-19(22)16-29-12-4-7-17-5-2-1-3-6-17/h13,17-20,22H,1-3,5-6,8-12,14-16H2,(H,25,28). The van der Waals surface area contributed by atoms with Crippen LogP contribution in [-0.2, 0) is 4.74 Å². The van der Waals surface area contributed by atoms with Crippen LogP contribution >= 0.6 is 0 Å². The van der Waals surface area contributed by atoms with Gasteiger partial charge in [0.1, 0.15) is 12.4 Å². The van der Waals surface area contributed by atoms with Crippen LogP contribution < -0.4 is 5.32 Å². The predicted octanol–water partition coefficient (Wildman–Crippen LogP) is 3.34. The van der Waals surface area contributed by atoms with Crippen LogP contribution in [0.3, 0.4) is 0 Å². The second-order valence-corrected chi connectivity index (χ2v) is 9.59. The van der Waals surface area contributed by atoms with Gasteiger partial charge in [0.25, 0.3) is 5.91 Å². The second-order valence-electron chi connectivity index (χ2n) is 9.59. The molecule has 2 unspecified atom stereocenters. The molecule has 1 N–H and O–H groups in total. The van der Waals surface area contributed by atoms with Crippen LogP contribution in [0.25, 0.3) is 0 Å². The largest absolute Gasteiger partial charge is 0.368 e. The van der Waals surface area contributed by atoms with Gasteiger partial charge >= 0.3 is 0 Å². The van der Waals surface area contributed by atoms with Crippen molar-refractivity contribution in [3.8, 4) is 11.8 Å². The van der Waals surface area contributed by atoms with Gasteiger partial charge in [0.2, 0.25) is 0 Å². The molecule has 0 aromatic carbocycles. The monoisotopic (exact) mass is 411 g/mol. The summed E-state index contributed by atoms with van der Waals surface area (Å²) < 4.78 is 11.3. The number of carbonyl (C=O) groups is 1. The van der Waals surface area contributed by atoms with Gasteiger partial charge in [-0.05, 0) is 38.5 Å². The fraction of sp³-hybridized carbons (Fsp3) is 0.750. The fourth-order valence-corrected chi connectivity index (χ4v) is 4.87. The molecule has 1 aromatic heterocycles. The Balaban J connectivity index is 1.13. The molecule has 1 amide bonds. The summed E-state index contributed by atoms with van der Waals surface area (Å²) in [5.41, 5.74) is 0.403. The van der Waals surface area contributed by atoms with Crippen molar-refractivity contribution in [1.82, 2.24) is 15.4 Å². The lowest BCUT2D eigenvalue weighted by Gasteiger charge is -2.19. The van der Waals surface area contributed by atoms with Gasteiger partial charge in [-0.2, -0.15) is 0 Å². The number of aromatic nitrogens is 1. The molecule has 6 heteroatoms. The van der Waals surface area contributed by atoms with Crippen LogP contribution in [0.2, 0.25) is 0 Å². The van der Waals surface area contributed by atoms with E-state index >= 15 is 0 Å². The number of nitrogens with one attached hydrogen (secondary N) is 1. The van der Waals surface area contributed by atoms with Crippen LogP contribution in [-0.4, -0.2) is 54.4 Å². The van der Waals surface area contributed by atoms with E-state index in [1.807, 2.05) is 6.07 Å². The second kappa shape index (κ2) is 9.11. The third-order valence-corrected chi connectivity index (χ3v) is 7.01. The van der Waals surface area contributed by atoms with Gasteiger partial charge in [0, 0.05) is 49.0 Å². The average Bonchev–Trinajstić information content (AvgIpc) is 3.70. The highest BCUT2D eigenvalue weighted by atomic mass is 16.5. The smallest absolute Gasteiger partial charge is 0.273 e. The number of amides is 1. The van der Waals surface area contributed by atoms with Gasteiger partial charge in [0.15, 0.2) is 5.69 Å². The number of hydrogen-bond acceptors (Lipinski definition) is 5. The molecular formula is C24H33N3O3. The normalized spacial score (nSPS) is 27.6. The van der Waals surface area contributed by atoms with E-state index in [1.165, 1.54) is 44.9 Å². The molecule has 4 aliphatic rings. The van der Waals surface area contributed by atoms with Gasteiger partial charge in [-0.3, -0.25) is 9.69 Å². The zero-order valence-electron chi connectivity index (χ0n) is 17.8. The van der Waals surface area contributed by atoms with Crippen molar-refractivity contribution in [2.24, 2.45) is 11.8 Å². The molecule has 30 heavy (non-hydrogen) atoms. The zero-order valence-corrected chi connectivity index (χ0v) is 17.8. The third kappa shape index (κ3) is 5.07. The van der Waals surface area contributed by atoms with E-state index in [-0.39, 0.29) is 11.9 Å². The molecule has 1 saturated heterocycles. The van der Waals surface area contributed by atoms with E-state index in [2.05, 4.69) is 27.2 Å². The Morgan fingerprint density at radius 1 is 1.17 bits per heavy atom. The molecule has 6 nitrogen and oxygen atoms in total. The first-order valence-corrected chi connectivity index (χ1v) is 11.8. The Hall–Kier alpha value is -1.84. The SMILES string of the molecule is O=C(NC1CN(C2CC2)CC1COCC#CC1CCCCC1)c1cc(C2CC2)on1. The Morgan fingerprint density at radius 2 is 2.00 bits per heavy atom. The molecular weight excluding hydrogens is 378 g/mol. The maximum Gasteiger partial charge on any atom is 0.273 e. The highest BCUT2D eigenvalue weighted by molar-refractivity contribution is 5.92. The summed E-state index contributed by atoms with van der Waals surface area (Å²) >= 11 is 0. The maximum absolute atomic E-state index is 12.7. The van der Waals surface area contributed by atoms with Crippen LogP contribution in [0.5, 0.6) is 0 Å². The first-order valence-electron chi connectivity index (χ1n) is 11.8. The summed E-state index contributed by atoms with van der Waals surface area (Å²) in [6, 6.07) is 2.59. The molecule has 2 heterocycles. The van der Waals surface area contributed by atoms with Crippen molar-refractivity contribution < 1.29 is 14.1 Å². The van der Waals surface area contributed by atoms with Crippen molar-refractivity contribution in [1.29, 1.82) is 0 Å². The molecule has 1 aliphatic heterocycles. The predicted molar refractivity (Wildman–Crippen MR) is 113 cm³/mol. The van der Waals surface area contributed by atoms with Gasteiger partial charge in [-0.1, -0.05) is 36.3 Å². The number of carbonyl (C=O) groups excluding carboxylic acids is 1. The van der Waals surface area contributed by atoms with Gasteiger partial charge in [-0.15, -0.1) is 0 Å². The van der Waals surface area contributed by atoms with E-state index in [1.54, 1.807) is 0 Å². The summed E-state index contributed by atoms with van der Waals surface area (Å²) in [5.74, 6) is 8.66. The molecule has 3 aliphatic carbocycles. The molecule has 0 radical (unpaired) electrons. The molecule has 2 atom stereocenters. The van der Waals surface area contributed by atoms with Crippen molar-refractivity contribution >= 4 is 5.91 Å². The number of hydrogen-bond donors (Lipinski definition) is 1. The van der Waals surface area contributed by atoms with Gasteiger partial charge in [-0.25, -0.2) is 0 Å². The summed E-state index contributed by atoms with van der Waals surface area (Å²) in [6.45, 7) is 3.01. The van der Waals surface area contributed by atoms with Crippen molar-refractivity contribution in [3.05, 3.63) is 17.5 Å². The van der Waals surface area contributed by atoms with Crippen LogP contribution in [0.4, 0.5) is 0 Å². The van der Waals surface area contributed by atoms with Crippen molar-refractivity contribution in [3.63, 3.8) is 0 Å². The Labute approximate surface area is 179 Å². The molecule has 4 fully saturated rings. The molecule has 0 spiro atoms. The molecule has 1 aromatic rings. The maximum atomic E-state index is 12.7. The topological polar surface area (TPSA) is 67.6 Å². The zero-order chi connectivity index (χ0) is 20.3. The Kier molecular flexibility index (Phi) is 6.10. The van der Waals surface area contributed by atoms with E-state index in [0.29, 0.717) is 42.7 Å². The number of nitrogens with zero attached hydrogens (tertiary/aromatic N) is 2. The van der Waals surface area contributed by atoms with Crippen LogP contribution in [0.15, 0.2) is 10.6 Å².